The van der Waals surface area contributed by atoms with Crippen LogP contribution in [0.15, 0.2) is 5.16 Å². The maximum atomic E-state index is 5.78. The van der Waals surface area contributed by atoms with E-state index in [9.17, 15) is 0 Å². The molecule has 1 fully saturated rings. The first-order valence-electron chi connectivity index (χ1n) is 6.21. The van der Waals surface area contributed by atoms with Crippen LogP contribution in [0.4, 0.5) is 5.95 Å². The van der Waals surface area contributed by atoms with Crippen LogP contribution in [0, 0.1) is 0 Å². The van der Waals surface area contributed by atoms with E-state index in [0.29, 0.717) is 12.0 Å². The minimum Gasteiger partial charge on any atom is -0.375 e. The van der Waals surface area contributed by atoms with E-state index in [1.54, 1.807) is 16.3 Å². The molecule has 1 unspecified atom stereocenters. The summed E-state index contributed by atoms with van der Waals surface area (Å²) in [5.74, 6) is 1.33. The molecule has 0 spiro atoms. The van der Waals surface area contributed by atoms with Gasteiger partial charge in [-0.15, -0.1) is 10.2 Å². The van der Waals surface area contributed by atoms with Crippen LogP contribution in [0.5, 0.6) is 0 Å². The van der Waals surface area contributed by atoms with E-state index in [-0.39, 0.29) is 6.10 Å². The molecule has 1 aromatic rings. The average Bonchev–Trinajstić information content (AvgIpc) is 2.68. The van der Waals surface area contributed by atoms with E-state index in [2.05, 4.69) is 28.9 Å². The number of rotatable bonds is 4. The number of nitrogens with zero attached hydrogens (tertiary/aromatic N) is 4. The van der Waals surface area contributed by atoms with E-state index >= 15 is 0 Å². The third kappa shape index (κ3) is 3.15. The van der Waals surface area contributed by atoms with Gasteiger partial charge < -0.3 is 10.5 Å². The van der Waals surface area contributed by atoms with Crippen molar-refractivity contribution >= 4 is 17.7 Å². The second-order valence-corrected chi connectivity index (χ2v) is 5.78. The summed E-state index contributed by atoms with van der Waals surface area (Å²) in [5, 5.41) is 8.72. The van der Waals surface area contributed by atoms with Gasteiger partial charge in [-0.25, -0.2) is 0 Å². The Balaban J connectivity index is 1.85. The number of morpholine rings is 1. The van der Waals surface area contributed by atoms with E-state index < -0.39 is 0 Å². The van der Waals surface area contributed by atoms with Crippen LogP contribution in [0.1, 0.15) is 13.8 Å². The smallest absolute Gasteiger partial charge is 0.222 e. The standard InChI is InChI=1S/C11H21N5OS/c1-8(2)16-4-5-17-9(6-16)7-18-11-14-13-10(12)15(11)3/h8-9H,4-7H2,1-3H3,(H2,12,13). The second-order valence-electron chi connectivity index (χ2n) is 4.79. The molecule has 0 aromatic carbocycles. The largest absolute Gasteiger partial charge is 0.375 e. The highest BCUT2D eigenvalue weighted by Gasteiger charge is 2.22. The van der Waals surface area contributed by atoms with E-state index in [1.807, 2.05) is 7.05 Å². The molecule has 1 atom stereocenters. The topological polar surface area (TPSA) is 69.2 Å². The minimum absolute atomic E-state index is 0.254. The fourth-order valence-electron chi connectivity index (χ4n) is 1.93. The highest BCUT2D eigenvalue weighted by Crippen LogP contribution is 2.20. The van der Waals surface area contributed by atoms with Gasteiger partial charge in [0.1, 0.15) is 0 Å². The molecule has 0 amide bonds. The maximum Gasteiger partial charge on any atom is 0.222 e. The first-order valence-corrected chi connectivity index (χ1v) is 7.19. The average molecular weight is 271 g/mol. The van der Waals surface area contributed by atoms with Crippen molar-refractivity contribution in [3.63, 3.8) is 0 Å². The third-order valence-corrected chi connectivity index (χ3v) is 4.32. The molecular formula is C11H21N5OS. The number of aromatic nitrogens is 3. The van der Waals surface area contributed by atoms with Gasteiger partial charge in [0.05, 0.1) is 12.7 Å². The Kier molecular flexibility index (Phi) is 4.47. The SMILES string of the molecule is CC(C)N1CCOC(CSc2nnc(N)n2C)C1. The molecule has 102 valence electrons. The fraction of sp³-hybridized carbons (Fsp3) is 0.818. The van der Waals surface area contributed by atoms with Crippen molar-refractivity contribution < 1.29 is 4.74 Å². The summed E-state index contributed by atoms with van der Waals surface area (Å²) in [7, 11) is 1.87. The van der Waals surface area contributed by atoms with Crippen molar-refractivity contribution in [3.05, 3.63) is 0 Å². The first-order chi connectivity index (χ1) is 8.58. The molecule has 1 aromatic heterocycles. The van der Waals surface area contributed by atoms with Gasteiger partial charge in [0.25, 0.3) is 0 Å². The molecule has 0 bridgehead atoms. The zero-order valence-electron chi connectivity index (χ0n) is 11.2. The lowest BCUT2D eigenvalue weighted by Crippen LogP contribution is -2.46. The van der Waals surface area contributed by atoms with Crippen molar-refractivity contribution in [1.29, 1.82) is 0 Å². The molecule has 1 saturated heterocycles. The van der Waals surface area contributed by atoms with Crippen LogP contribution in [0.3, 0.4) is 0 Å². The van der Waals surface area contributed by atoms with Crippen molar-refractivity contribution in [1.82, 2.24) is 19.7 Å². The molecule has 6 nitrogen and oxygen atoms in total. The summed E-state index contributed by atoms with van der Waals surface area (Å²) in [6.07, 6.45) is 0.254. The van der Waals surface area contributed by atoms with Gasteiger partial charge in [-0.05, 0) is 13.8 Å². The first kappa shape index (κ1) is 13.6. The van der Waals surface area contributed by atoms with Crippen LogP contribution >= 0.6 is 11.8 Å². The minimum atomic E-state index is 0.254. The van der Waals surface area contributed by atoms with E-state index in [4.69, 9.17) is 10.5 Å². The Bertz CT molecular complexity index is 395. The van der Waals surface area contributed by atoms with Crippen LogP contribution in [0.2, 0.25) is 0 Å². The van der Waals surface area contributed by atoms with Crippen molar-refractivity contribution in [3.8, 4) is 0 Å². The van der Waals surface area contributed by atoms with Crippen LogP contribution < -0.4 is 5.73 Å². The quantitative estimate of drug-likeness (QED) is 0.809. The van der Waals surface area contributed by atoms with Gasteiger partial charge in [0, 0.05) is 31.9 Å². The second kappa shape index (κ2) is 5.90. The molecule has 1 aliphatic rings. The molecule has 0 radical (unpaired) electrons. The Hall–Kier alpha value is -0.790. The fourth-order valence-corrected chi connectivity index (χ4v) is 2.85. The van der Waals surface area contributed by atoms with Gasteiger partial charge in [-0.3, -0.25) is 9.47 Å². The third-order valence-electron chi connectivity index (χ3n) is 3.17. The predicted octanol–water partition coefficient (Wildman–Crippen LogP) is 0.599. The molecule has 0 aliphatic carbocycles. The number of hydrogen-bond acceptors (Lipinski definition) is 6. The van der Waals surface area contributed by atoms with Crippen molar-refractivity contribution in [2.45, 2.75) is 31.1 Å². The Morgan fingerprint density at radius 3 is 2.89 bits per heavy atom. The van der Waals surface area contributed by atoms with Gasteiger partial charge in [-0.2, -0.15) is 0 Å². The van der Waals surface area contributed by atoms with Gasteiger partial charge >= 0.3 is 0 Å². The Morgan fingerprint density at radius 2 is 2.28 bits per heavy atom. The van der Waals surface area contributed by atoms with Crippen LogP contribution in [-0.4, -0.2) is 57.3 Å². The number of nitrogens with two attached hydrogens (primary N) is 1. The highest BCUT2D eigenvalue weighted by molar-refractivity contribution is 7.99. The zero-order valence-corrected chi connectivity index (χ0v) is 12.0. The zero-order chi connectivity index (χ0) is 13.1. The molecule has 1 aliphatic heterocycles. The summed E-state index contributed by atoms with van der Waals surface area (Å²) in [6, 6.07) is 0.576. The lowest BCUT2D eigenvalue weighted by Gasteiger charge is -2.35. The highest BCUT2D eigenvalue weighted by atomic mass is 32.2. The lowest BCUT2D eigenvalue weighted by atomic mass is 10.2. The normalized spacial score (nSPS) is 21.7. The van der Waals surface area contributed by atoms with Gasteiger partial charge in [0.2, 0.25) is 5.95 Å². The number of nitrogen functional groups attached to an aromatic ring is 1. The van der Waals surface area contributed by atoms with Crippen molar-refractivity contribution in [2.24, 2.45) is 7.05 Å². The number of hydrogen-bond donors (Lipinski definition) is 1. The van der Waals surface area contributed by atoms with Crippen LogP contribution in [-0.2, 0) is 11.8 Å². The number of thioether (sulfide) groups is 1. The monoisotopic (exact) mass is 271 g/mol. The van der Waals surface area contributed by atoms with E-state index in [0.717, 1.165) is 30.6 Å². The number of ether oxygens (including phenoxy) is 1. The molecule has 2 rings (SSSR count). The van der Waals surface area contributed by atoms with Crippen LogP contribution in [0.25, 0.3) is 0 Å². The summed E-state index contributed by atoms with van der Waals surface area (Å²) in [6.45, 7) is 7.26. The Labute approximate surface area is 112 Å². The Morgan fingerprint density at radius 1 is 1.50 bits per heavy atom. The van der Waals surface area contributed by atoms with Gasteiger partial charge in [-0.1, -0.05) is 11.8 Å². The molecule has 2 heterocycles. The summed E-state index contributed by atoms with van der Waals surface area (Å²) < 4.78 is 7.57. The van der Waals surface area contributed by atoms with Gasteiger partial charge in [0.15, 0.2) is 5.16 Å². The molecule has 0 saturated carbocycles. The summed E-state index contributed by atoms with van der Waals surface area (Å²) in [5.41, 5.74) is 5.65. The van der Waals surface area contributed by atoms with Crippen molar-refractivity contribution in [2.75, 3.05) is 31.2 Å². The summed E-state index contributed by atoms with van der Waals surface area (Å²) >= 11 is 1.65. The van der Waals surface area contributed by atoms with E-state index in [1.165, 1.54) is 0 Å². The molecule has 2 N–H and O–H groups in total. The molecule has 18 heavy (non-hydrogen) atoms. The lowest BCUT2D eigenvalue weighted by molar-refractivity contribution is -0.0265. The number of anilines is 1. The maximum absolute atomic E-state index is 5.78. The predicted molar refractivity (Wildman–Crippen MR) is 72.6 cm³/mol. The molecular weight excluding hydrogens is 250 g/mol. The summed E-state index contributed by atoms with van der Waals surface area (Å²) in [4.78, 5) is 2.44. The molecule has 7 heteroatoms.